The molecule has 0 aliphatic heterocycles. The highest BCUT2D eigenvalue weighted by Gasteiger charge is 2.11. The largest absolute Gasteiger partial charge is 0.497 e. The van der Waals surface area contributed by atoms with Gasteiger partial charge in [0.05, 0.1) is 30.5 Å². The maximum atomic E-state index is 12.0. The molecule has 2 amide bonds. The van der Waals surface area contributed by atoms with Crippen LogP contribution in [0.2, 0.25) is 5.02 Å². The number of esters is 1. The van der Waals surface area contributed by atoms with Crippen molar-refractivity contribution in [2.24, 2.45) is 0 Å². The number of ether oxygens (including phenoxy) is 2. The fourth-order valence-electron chi connectivity index (χ4n) is 1.85. The van der Waals surface area contributed by atoms with Crippen LogP contribution in [0.1, 0.15) is 10.4 Å². The van der Waals surface area contributed by atoms with Gasteiger partial charge in [-0.05, 0) is 30.3 Å². The second-order valence-corrected chi connectivity index (χ2v) is 4.90. The van der Waals surface area contributed by atoms with E-state index >= 15 is 0 Å². The predicted octanol–water partition coefficient (Wildman–Crippen LogP) is 3.78. The van der Waals surface area contributed by atoms with Crippen LogP contribution in [-0.4, -0.2) is 26.2 Å². The van der Waals surface area contributed by atoms with E-state index in [4.69, 9.17) is 16.3 Å². The number of urea groups is 1. The first-order valence-corrected chi connectivity index (χ1v) is 7.01. The van der Waals surface area contributed by atoms with E-state index in [2.05, 4.69) is 15.4 Å². The average Bonchev–Trinajstić information content (AvgIpc) is 2.56. The molecule has 0 heterocycles. The number of carbonyl (C=O) groups excluding carboxylic acids is 2. The van der Waals surface area contributed by atoms with Crippen LogP contribution in [0, 0.1) is 0 Å². The van der Waals surface area contributed by atoms with E-state index in [1.165, 1.54) is 32.4 Å². The third-order valence-corrected chi connectivity index (χ3v) is 3.29. The fourth-order valence-corrected chi connectivity index (χ4v) is 2.02. The first kappa shape index (κ1) is 16.6. The molecule has 120 valence electrons. The molecule has 0 saturated carbocycles. The molecule has 0 bridgehead atoms. The molecule has 7 heteroatoms. The van der Waals surface area contributed by atoms with Crippen molar-refractivity contribution in [2.75, 3.05) is 24.9 Å². The molecule has 0 fully saturated rings. The third kappa shape index (κ3) is 4.37. The number of rotatable bonds is 4. The SMILES string of the molecule is COC(=O)c1ccc(Cl)c(NC(=O)Nc2cccc(OC)c2)c1. The first-order chi connectivity index (χ1) is 11.0. The molecule has 0 spiro atoms. The van der Waals surface area contributed by atoms with Gasteiger partial charge >= 0.3 is 12.0 Å². The van der Waals surface area contributed by atoms with Crippen LogP contribution >= 0.6 is 11.6 Å². The lowest BCUT2D eigenvalue weighted by molar-refractivity contribution is 0.0600. The van der Waals surface area contributed by atoms with Crippen LogP contribution < -0.4 is 15.4 Å². The van der Waals surface area contributed by atoms with Gasteiger partial charge < -0.3 is 20.1 Å². The minimum atomic E-state index is -0.516. The molecule has 2 aromatic carbocycles. The summed E-state index contributed by atoms with van der Waals surface area (Å²) in [5.41, 5.74) is 1.14. The Labute approximate surface area is 138 Å². The molecular formula is C16H15ClN2O4. The van der Waals surface area contributed by atoms with Crippen molar-refractivity contribution in [1.29, 1.82) is 0 Å². The van der Waals surface area contributed by atoms with Crippen molar-refractivity contribution in [3.63, 3.8) is 0 Å². The number of halogens is 1. The Hall–Kier alpha value is -2.73. The zero-order chi connectivity index (χ0) is 16.8. The predicted molar refractivity (Wildman–Crippen MR) is 88.4 cm³/mol. The Morgan fingerprint density at radius 1 is 1.04 bits per heavy atom. The van der Waals surface area contributed by atoms with E-state index in [0.29, 0.717) is 22.1 Å². The van der Waals surface area contributed by atoms with Crippen LogP contribution in [-0.2, 0) is 4.74 Å². The van der Waals surface area contributed by atoms with Crippen LogP contribution in [0.5, 0.6) is 5.75 Å². The lowest BCUT2D eigenvalue weighted by Crippen LogP contribution is -2.20. The van der Waals surface area contributed by atoms with Crippen LogP contribution in [0.3, 0.4) is 0 Å². The van der Waals surface area contributed by atoms with Gasteiger partial charge in [0, 0.05) is 11.8 Å². The molecule has 0 aromatic heterocycles. The maximum Gasteiger partial charge on any atom is 0.337 e. The van der Waals surface area contributed by atoms with Gasteiger partial charge in [0.15, 0.2) is 0 Å². The summed E-state index contributed by atoms with van der Waals surface area (Å²) in [5, 5.41) is 5.54. The van der Waals surface area contributed by atoms with E-state index in [9.17, 15) is 9.59 Å². The number of methoxy groups -OCH3 is 2. The van der Waals surface area contributed by atoms with Crippen molar-refractivity contribution < 1.29 is 19.1 Å². The molecule has 0 saturated heterocycles. The summed E-state index contributed by atoms with van der Waals surface area (Å²) in [6.07, 6.45) is 0. The molecule has 6 nitrogen and oxygen atoms in total. The molecule has 23 heavy (non-hydrogen) atoms. The van der Waals surface area contributed by atoms with Gasteiger partial charge in [-0.1, -0.05) is 17.7 Å². The fraction of sp³-hybridized carbons (Fsp3) is 0.125. The van der Waals surface area contributed by atoms with Crippen molar-refractivity contribution >= 4 is 35.0 Å². The van der Waals surface area contributed by atoms with Crippen molar-refractivity contribution in [3.8, 4) is 5.75 Å². The van der Waals surface area contributed by atoms with Crippen LogP contribution in [0.25, 0.3) is 0 Å². The summed E-state index contributed by atoms with van der Waals surface area (Å²) in [7, 11) is 2.82. The second-order valence-electron chi connectivity index (χ2n) is 4.50. The number of carbonyl (C=O) groups is 2. The summed E-state index contributed by atoms with van der Waals surface area (Å²) in [4.78, 5) is 23.6. The monoisotopic (exact) mass is 334 g/mol. The quantitative estimate of drug-likeness (QED) is 0.834. The van der Waals surface area contributed by atoms with Gasteiger partial charge in [0.1, 0.15) is 5.75 Å². The van der Waals surface area contributed by atoms with E-state index in [1.54, 1.807) is 24.3 Å². The van der Waals surface area contributed by atoms with Crippen LogP contribution in [0.4, 0.5) is 16.2 Å². The Morgan fingerprint density at radius 3 is 2.52 bits per heavy atom. The van der Waals surface area contributed by atoms with Gasteiger partial charge in [0.25, 0.3) is 0 Å². The lowest BCUT2D eigenvalue weighted by atomic mass is 10.2. The topological polar surface area (TPSA) is 76.7 Å². The van der Waals surface area contributed by atoms with Gasteiger partial charge in [-0.25, -0.2) is 9.59 Å². The van der Waals surface area contributed by atoms with Crippen molar-refractivity contribution in [3.05, 3.63) is 53.1 Å². The zero-order valence-corrected chi connectivity index (χ0v) is 13.3. The molecule has 2 rings (SSSR count). The highest BCUT2D eigenvalue weighted by molar-refractivity contribution is 6.34. The molecular weight excluding hydrogens is 320 g/mol. The van der Waals surface area contributed by atoms with Crippen LogP contribution in [0.15, 0.2) is 42.5 Å². The molecule has 0 unspecified atom stereocenters. The lowest BCUT2D eigenvalue weighted by Gasteiger charge is -2.11. The smallest absolute Gasteiger partial charge is 0.337 e. The standard InChI is InChI=1S/C16H15ClN2O4/c1-22-12-5-3-4-11(9-12)18-16(21)19-14-8-10(15(20)23-2)6-7-13(14)17/h3-9H,1-2H3,(H2,18,19,21). The second kappa shape index (κ2) is 7.51. The highest BCUT2D eigenvalue weighted by atomic mass is 35.5. The van der Waals surface area contributed by atoms with Gasteiger partial charge in [-0.15, -0.1) is 0 Å². The molecule has 0 atom stereocenters. The number of benzene rings is 2. The summed E-state index contributed by atoms with van der Waals surface area (Å²) in [5.74, 6) is 0.103. The molecule has 2 aromatic rings. The van der Waals surface area contributed by atoms with Gasteiger partial charge in [0.2, 0.25) is 0 Å². The number of hydrogen-bond acceptors (Lipinski definition) is 4. The Bertz CT molecular complexity index is 734. The normalized spacial score (nSPS) is 9.87. The Morgan fingerprint density at radius 2 is 1.83 bits per heavy atom. The molecule has 0 aliphatic rings. The Kier molecular flexibility index (Phi) is 5.43. The maximum absolute atomic E-state index is 12.0. The summed E-state index contributed by atoms with van der Waals surface area (Å²) in [6, 6.07) is 10.9. The summed E-state index contributed by atoms with van der Waals surface area (Å²) >= 11 is 6.02. The molecule has 2 N–H and O–H groups in total. The highest BCUT2D eigenvalue weighted by Crippen LogP contribution is 2.24. The molecule has 0 radical (unpaired) electrons. The van der Waals surface area contributed by atoms with Crippen molar-refractivity contribution in [2.45, 2.75) is 0 Å². The number of nitrogens with one attached hydrogen (secondary N) is 2. The first-order valence-electron chi connectivity index (χ1n) is 6.63. The van der Waals surface area contributed by atoms with Gasteiger partial charge in [-0.3, -0.25) is 0 Å². The minimum absolute atomic E-state index is 0.286. The third-order valence-electron chi connectivity index (χ3n) is 2.96. The van der Waals surface area contributed by atoms with E-state index in [1.807, 2.05) is 0 Å². The average molecular weight is 335 g/mol. The van der Waals surface area contributed by atoms with Crippen molar-refractivity contribution in [1.82, 2.24) is 0 Å². The van der Waals surface area contributed by atoms with E-state index in [0.717, 1.165) is 0 Å². The van der Waals surface area contributed by atoms with Gasteiger partial charge in [-0.2, -0.15) is 0 Å². The number of amides is 2. The number of anilines is 2. The zero-order valence-electron chi connectivity index (χ0n) is 12.6. The minimum Gasteiger partial charge on any atom is -0.497 e. The summed E-state index contributed by atoms with van der Waals surface area (Å²) in [6.45, 7) is 0. The molecule has 0 aliphatic carbocycles. The Balaban J connectivity index is 2.11. The number of hydrogen-bond donors (Lipinski definition) is 2. The summed E-state index contributed by atoms with van der Waals surface area (Å²) < 4.78 is 9.72. The van der Waals surface area contributed by atoms with E-state index in [-0.39, 0.29) is 5.56 Å². The van der Waals surface area contributed by atoms with E-state index < -0.39 is 12.0 Å².